The number of nitrogens with zero attached hydrogens (tertiary/aromatic N) is 1. The van der Waals surface area contributed by atoms with Gasteiger partial charge >= 0.3 is 0 Å². The highest BCUT2D eigenvalue weighted by Crippen LogP contribution is 2.32. The standard InChI is InChI=1S/C21H28N2O/c1-22-16-19-13-14-23(17-19)20-11-5-6-12-21(20)24-15-7-10-18-8-3-2-4-9-18/h2-6,8-9,11-12,19,22H,7,10,13-17H2,1H3. The maximum Gasteiger partial charge on any atom is 0.142 e. The first kappa shape index (κ1) is 16.8. The molecule has 2 aromatic rings. The van der Waals surface area contributed by atoms with Crippen LogP contribution in [-0.2, 0) is 6.42 Å². The minimum Gasteiger partial charge on any atom is -0.491 e. The Bertz CT molecular complexity index is 614. The molecule has 1 aliphatic rings. The Morgan fingerprint density at radius 2 is 1.88 bits per heavy atom. The van der Waals surface area contributed by atoms with E-state index in [9.17, 15) is 0 Å². The number of anilines is 1. The van der Waals surface area contributed by atoms with Crippen molar-refractivity contribution < 1.29 is 4.74 Å². The maximum atomic E-state index is 6.11. The predicted octanol–water partition coefficient (Wildman–Crippen LogP) is 3.74. The third-order valence-corrected chi connectivity index (χ3v) is 4.69. The second-order valence-corrected chi connectivity index (χ2v) is 6.56. The lowest BCUT2D eigenvalue weighted by molar-refractivity contribution is 0.311. The normalized spacial score (nSPS) is 17.2. The van der Waals surface area contributed by atoms with Gasteiger partial charge in [-0.25, -0.2) is 0 Å². The van der Waals surface area contributed by atoms with Gasteiger partial charge in [0, 0.05) is 13.1 Å². The summed E-state index contributed by atoms with van der Waals surface area (Å²) < 4.78 is 6.11. The van der Waals surface area contributed by atoms with Crippen LogP contribution in [0.15, 0.2) is 54.6 Å². The average molecular weight is 324 g/mol. The second-order valence-electron chi connectivity index (χ2n) is 6.56. The Labute approximate surface area is 145 Å². The molecule has 1 N–H and O–H groups in total. The first-order valence-corrected chi connectivity index (χ1v) is 9.02. The van der Waals surface area contributed by atoms with Crippen molar-refractivity contribution >= 4 is 5.69 Å². The van der Waals surface area contributed by atoms with Crippen molar-refractivity contribution in [2.75, 3.05) is 38.2 Å². The highest BCUT2D eigenvalue weighted by molar-refractivity contribution is 5.59. The molecule has 1 aliphatic heterocycles. The molecule has 0 aliphatic carbocycles. The fourth-order valence-corrected chi connectivity index (χ4v) is 3.45. The van der Waals surface area contributed by atoms with Crippen molar-refractivity contribution in [1.29, 1.82) is 0 Å². The summed E-state index contributed by atoms with van der Waals surface area (Å²) in [6.45, 7) is 4.10. The number of ether oxygens (including phenoxy) is 1. The fraction of sp³-hybridized carbons (Fsp3) is 0.429. The van der Waals surface area contributed by atoms with E-state index in [2.05, 4.69) is 64.8 Å². The molecule has 1 saturated heterocycles. The van der Waals surface area contributed by atoms with Gasteiger partial charge in [0.1, 0.15) is 5.75 Å². The minimum atomic E-state index is 0.737. The minimum absolute atomic E-state index is 0.737. The van der Waals surface area contributed by atoms with Gasteiger partial charge in [-0.1, -0.05) is 42.5 Å². The van der Waals surface area contributed by atoms with E-state index >= 15 is 0 Å². The maximum absolute atomic E-state index is 6.11. The Morgan fingerprint density at radius 1 is 1.08 bits per heavy atom. The van der Waals surface area contributed by atoms with E-state index in [0.29, 0.717) is 0 Å². The molecule has 0 aromatic heterocycles. The van der Waals surface area contributed by atoms with Crippen LogP contribution >= 0.6 is 0 Å². The molecule has 3 nitrogen and oxygen atoms in total. The van der Waals surface area contributed by atoms with Gasteiger partial charge in [0.05, 0.1) is 12.3 Å². The van der Waals surface area contributed by atoms with Crippen molar-refractivity contribution in [2.24, 2.45) is 5.92 Å². The number of para-hydroxylation sites is 2. The van der Waals surface area contributed by atoms with Crippen LogP contribution in [0.4, 0.5) is 5.69 Å². The van der Waals surface area contributed by atoms with E-state index in [-0.39, 0.29) is 0 Å². The Kier molecular flexibility index (Phi) is 6.13. The van der Waals surface area contributed by atoms with Gasteiger partial charge in [0.15, 0.2) is 0 Å². The summed E-state index contributed by atoms with van der Waals surface area (Å²) in [5, 5.41) is 3.30. The zero-order valence-electron chi connectivity index (χ0n) is 14.6. The van der Waals surface area contributed by atoms with Crippen molar-refractivity contribution in [3.05, 3.63) is 60.2 Å². The lowest BCUT2D eigenvalue weighted by Crippen LogP contribution is -2.24. The first-order chi connectivity index (χ1) is 11.9. The molecule has 0 saturated carbocycles. The zero-order chi connectivity index (χ0) is 16.6. The zero-order valence-corrected chi connectivity index (χ0v) is 14.6. The summed E-state index contributed by atoms with van der Waals surface area (Å²) in [7, 11) is 2.03. The van der Waals surface area contributed by atoms with E-state index in [1.807, 2.05) is 7.05 Å². The summed E-state index contributed by atoms with van der Waals surface area (Å²) in [6, 6.07) is 19.1. The molecular weight excluding hydrogens is 296 g/mol. The molecule has 0 bridgehead atoms. The van der Waals surface area contributed by atoms with Crippen LogP contribution in [0.5, 0.6) is 5.75 Å². The summed E-state index contributed by atoms with van der Waals surface area (Å²) in [4.78, 5) is 2.47. The van der Waals surface area contributed by atoms with Crippen molar-refractivity contribution in [2.45, 2.75) is 19.3 Å². The topological polar surface area (TPSA) is 24.5 Å². The highest BCUT2D eigenvalue weighted by atomic mass is 16.5. The van der Waals surface area contributed by atoms with Crippen molar-refractivity contribution in [3.63, 3.8) is 0 Å². The molecule has 3 heteroatoms. The Hall–Kier alpha value is -2.00. The van der Waals surface area contributed by atoms with Gasteiger partial charge < -0.3 is 15.0 Å². The summed E-state index contributed by atoms with van der Waals surface area (Å²) >= 11 is 0. The molecule has 1 atom stereocenters. The third kappa shape index (κ3) is 4.51. The largest absolute Gasteiger partial charge is 0.491 e. The van der Waals surface area contributed by atoms with E-state index in [4.69, 9.17) is 4.74 Å². The van der Waals surface area contributed by atoms with Gasteiger partial charge in [-0.15, -0.1) is 0 Å². The van der Waals surface area contributed by atoms with Crippen LogP contribution in [0.2, 0.25) is 0 Å². The summed E-state index contributed by atoms with van der Waals surface area (Å²) in [6.07, 6.45) is 3.36. The van der Waals surface area contributed by atoms with Crippen LogP contribution in [0.25, 0.3) is 0 Å². The quantitative estimate of drug-likeness (QED) is 0.749. The fourth-order valence-electron chi connectivity index (χ4n) is 3.45. The molecule has 0 spiro atoms. The Balaban J connectivity index is 1.53. The molecule has 24 heavy (non-hydrogen) atoms. The number of hydrogen-bond donors (Lipinski definition) is 1. The van der Waals surface area contributed by atoms with Crippen LogP contribution in [0.1, 0.15) is 18.4 Å². The molecule has 128 valence electrons. The number of nitrogens with one attached hydrogen (secondary N) is 1. The summed E-state index contributed by atoms with van der Waals surface area (Å²) in [5.74, 6) is 1.76. The summed E-state index contributed by atoms with van der Waals surface area (Å²) in [5.41, 5.74) is 2.62. The average Bonchev–Trinajstić information content (AvgIpc) is 3.09. The number of benzene rings is 2. The SMILES string of the molecule is CNCC1CCN(c2ccccc2OCCCc2ccccc2)C1. The van der Waals surface area contributed by atoms with Gasteiger partial charge in [-0.3, -0.25) is 0 Å². The van der Waals surface area contributed by atoms with E-state index in [0.717, 1.165) is 50.8 Å². The van der Waals surface area contributed by atoms with Crippen molar-refractivity contribution in [1.82, 2.24) is 5.32 Å². The van der Waals surface area contributed by atoms with Gasteiger partial charge in [-0.2, -0.15) is 0 Å². The highest BCUT2D eigenvalue weighted by Gasteiger charge is 2.23. The van der Waals surface area contributed by atoms with Crippen molar-refractivity contribution in [3.8, 4) is 5.75 Å². The van der Waals surface area contributed by atoms with E-state index in [1.54, 1.807) is 0 Å². The van der Waals surface area contributed by atoms with Crippen LogP contribution in [-0.4, -0.2) is 33.3 Å². The predicted molar refractivity (Wildman–Crippen MR) is 101 cm³/mol. The lowest BCUT2D eigenvalue weighted by Gasteiger charge is -2.22. The van der Waals surface area contributed by atoms with Crippen LogP contribution in [0, 0.1) is 5.92 Å². The van der Waals surface area contributed by atoms with Crippen LogP contribution in [0.3, 0.4) is 0 Å². The molecule has 0 radical (unpaired) electrons. The van der Waals surface area contributed by atoms with Gasteiger partial charge in [-0.05, 0) is 56.5 Å². The number of rotatable bonds is 8. The smallest absolute Gasteiger partial charge is 0.142 e. The Morgan fingerprint density at radius 3 is 2.71 bits per heavy atom. The molecular formula is C21H28N2O. The lowest BCUT2D eigenvalue weighted by atomic mass is 10.1. The monoisotopic (exact) mass is 324 g/mol. The molecule has 1 unspecified atom stereocenters. The molecule has 3 rings (SSSR count). The van der Waals surface area contributed by atoms with E-state index < -0.39 is 0 Å². The van der Waals surface area contributed by atoms with E-state index in [1.165, 1.54) is 17.7 Å². The molecule has 2 aromatic carbocycles. The number of hydrogen-bond acceptors (Lipinski definition) is 3. The number of aryl methyl sites for hydroxylation is 1. The first-order valence-electron chi connectivity index (χ1n) is 9.02. The van der Waals surface area contributed by atoms with Crippen LogP contribution < -0.4 is 15.0 Å². The van der Waals surface area contributed by atoms with Gasteiger partial charge in [0.2, 0.25) is 0 Å². The second kappa shape index (κ2) is 8.74. The molecule has 1 fully saturated rings. The molecule has 1 heterocycles. The van der Waals surface area contributed by atoms with Gasteiger partial charge in [0.25, 0.3) is 0 Å². The third-order valence-electron chi connectivity index (χ3n) is 4.69. The molecule has 0 amide bonds.